The molecule has 3 aromatic rings. The molecule has 0 aliphatic carbocycles. The first-order valence-corrected chi connectivity index (χ1v) is 12.1. The SMILES string of the molecule is C[C@@H]1CN(c2ccc(C#N)c3ncccc23)CC2=CN(Cc3cnc4c(c3)CNCC4)CCN21. The van der Waals surface area contributed by atoms with Gasteiger partial charge in [0.2, 0.25) is 0 Å². The van der Waals surface area contributed by atoms with E-state index in [1.54, 1.807) is 6.20 Å². The first-order valence-electron chi connectivity index (χ1n) is 12.1. The molecule has 1 N–H and O–H groups in total. The number of nitrogens with one attached hydrogen (secondary N) is 1. The third-order valence-corrected chi connectivity index (χ3v) is 7.26. The van der Waals surface area contributed by atoms with Crippen molar-refractivity contribution in [3.63, 3.8) is 0 Å². The van der Waals surface area contributed by atoms with E-state index in [0.29, 0.717) is 11.6 Å². The van der Waals surface area contributed by atoms with E-state index in [9.17, 15) is 5.26 Å². The lowest BCUT2D eigenvalue weighted by atomic mass is 10.0. The summed E-state index contributed by atoms with van der Waals surface area (Å²) in [5.41, 5.74) is 7.77. The number of pyridine rings is 2. The molecule has 34 heavy (non-hydrogen) atoms. The second kappa shape index (κ2) is 8.62. The molecule has 2 aromatic heterocycles. The molecule has 0 amide bonds. The first-order chi connectivity index (χ1) is 16.7. The Labute approximate surface area is 200 Å². The maximum Gasteiger partial charge on any atom is 0.101 e. The standard InChI is InChI=1S/C27H29N7/c1-19-15-33(26-5-4-21(12-28)27-24(26)3-2-7-30-27)18-23-17-32(9-10-34(19)23)16-20-11-22-14-29-8-6-25(22)31-13-20/h2-5,7,11,13,17,19,29H,6,8-10,14-16,18H2,1H3/t19-/m1/s1. The van der Waals surface area contributed by atoms with Gasteiger partial charge in [0.05, 0.1) is 17.6 Å². The fourth-order valence-corrected chi connectivity index (χ4v) is 5.59. The first kappa shape index (κ1) is 20.9. The highest BCUT2D eigenvalue weighted by Crippen LogP contribution is 2.33. The summed E-state index contributed by atoms with van der Waals surface area (Å²) in [7, 11) is 0. The number of benzene rings is 1. The van der Waals surface area contributed by atoms with Gasteiger partial charge in [-0.25, -0.2) is 0 Å². The maximum atomic E-state index is 9.52. The van der Waals surface area contributed by atoms with Crippen LogP contribution in [0.1, 0.15) is 29.3 Å². The Morgan fingerprint density at radius 3 is 3.06 bits per heavy atom. The molecule has 0 bridgehead atoms. The second-order valence-electron chi connectivity index (χ2n) is 9.53. The van der Waals surface area contributed by atoms with E-state index >= 15 is 0 Å². The zero-order chi connectivity index (χ0) is 23.1. The van der Waals surface area contributed by atoms with Gasteiger partial charge in [-0.2, -0.15) is 5.26 Å². The highest BCUT2D eigenvalue weighted by atomic mass is 15.3. The van der Waals surface area contributed by atoms with Crippen LogP contribution in [0.15, 0.2) is 54.6 Å². The zero-order valence-corrected chi connectivity index (χ0v) is 19.5. The van der Waals surface area contributed by atoms with Gasteiger partial charge in [0.1, 0.15) is 6.07 Å². The van der Waals surface area contributed by atoms with Crippen molar-refractivity contribution < 1.29 is 0 Å². The molecule has 3 aliphatic heterocycles. The highest BCUT2D eigenvalue weighted by molar-refractivity contribution is 5.95. The minimum absolute atomic E-state index is 0.418. The molecule has 0 unspecified atom stereocenters. The van der Waals surface area contributed by atoms with Gasteiger partial charge in [0.15, 0.2) is 0 Å². The highest BCUT2D eigenvalue weighted by Gasteiger charge is 2.31. The van der Waals surface area contributed by atoms with Crippen LogP contribution in [0.2, 0.25) is 0 Å². The van der Waals surface area contributed by atoms with Crippen molar-refractivity contribution in [2.24, 2.45) is 0 Å². The molecule has 5 heterocycles. The van der Waals surface area contributed by atoms with Crippen LogP contribution in [0.4, 0.5) is 5.69 Å². The van der Waals surface area contributed by atoms with Gasteiger partial charge in [-0.05, 0) is 48.4 Å². The number of hydrogen-bond donors (Lipinski definition) is 1. The van der Waals surface area contributed by atoms with Crippen molar-refractivity contribution in [2.75, 3.05) is 37.6 Å². The third kappa shape index (κ3) is 3.74. The predicted molar refractivity (Wildman–Crippen MR) is 133 cm³/mol. The molecule has 1 saturated heterocycles. The van der Waals surface area contributed by atoms with Gasteiger partial charge in [-0.15, -0.1) is 0 Å². The Hall–Kier alpha value is -3.63. The number of hydrogen-bond acceptors (Lipinski definition) is 7. The second-order valence-corrected chi connectivity index (χ2v) is 9.53. The topological polar surface area (TPSA) is 71.3 Å². The summed E-state index contributed by atoms with van der Waals surface area (Å²) in [6.07, 6.45) is 7.18. The maximum absolute atomic E-state index is 9.52. The minimum Gasteiger partial charge on any atom is -0.370 e. The Bertz CT molecular complexity index is 1310. The summed E-state index contributed by atoms with van der Waals surface area (Å²) in [6.45, 7) is 8.99. The van der Waals surface area contributed by atoms with Crippen LogP contribution in [0.25, 0.3) is 10.9 Å². The number of piperazine rings is 1. The van der Waals surface area contributed by atoms with Crippen molar-refractivity contribution in [3.05, 3.63) is 77.0 Å². The van der Waals surface area contributed by atoms with Gasteiger partial charge in [-0.3, -0.25) is 9.97 Å². The van der Waals surface area contributed by atoms with E-state index in [1.165, 1.54) is 22.5 Å². The van der Waals surface area contributed by atoms with Crippen molar-refractivity contribution in [1.29, 1.82) is 5.26 Å². The fourth-order valence-electron chi connectivity index (χ4n) is 5.59. The van der Waals surface area contributed by atoms with Crippen LogP contribution in [0, 0.1) is 11.3 Å². The van der Waals surface area contributed by atoms with E-state index in [0.717, 1.165) is 68.8 Å². The molecule has 1 aromatic carbocycles. The summed E-state index contributed by atoms with van der Waals surface area (Å²) < 4.78 is 0. The van der Waals surface area contributed by atoms with Crippen LogP contribution >= 0.6 is 0 Å². The normalized spacial score (nSPS) is 19.9. The van der Waals surface area contributed by atoms with Crippen LogP contribution in [0.5, 0.6) is 0 Å². The van der Waals surface area contributed by atoms with E-state index in [1.807, 2.05) is 12.1 Å². The molecule has 1 atom stereocenters. The van der Waals surface area contributed by atoms with Crippen molar-refractivity contribution >= 4 is 16.6 Å². The lowest BCUT2D eigenvalue weighted by Gasteiger charge is -2.47. The van der Waals surface area contributed by atoms with E-state index in [2.05, 4.69) is 68.6 Å². The number of nitrogens with zero attached hydrogens (tertiary/aromatic N) is 6. The monoisotopic (exact) mass is 451 g/mol. The number of aromatic nitrogens is 2. The van der Waals surface area contributed by atoms with Gasteiger partial charge < -0.3 is 20.0 Å². The summed E-state index contributed by atoms with van der Waals surface area (Å²) in [6, 6.07) is 13.0. The molecule has 7 heteroatoms. The van der Waals surface area contributed by atoms with E-state index in [-0.39, 0.29) is 0 Å². The fraction of sp³-hybridized carbons (Fsp3) is 0.370. The summed E-state index contributed by atoms with van der Waals surface area (Å²) in [5.74, 6) is 0. The largest absolute Gasteiger partial charge is 0.370 e. The quantitative estimate of drug-likeness (QED) is 0.656. The Kier molecular flexibility index (Phi) is 5.31. The molecule has 7 nitrogen and oxygen atoms in total. The average Bonchev–Trinajstić information content (AvgIpc) is 2.87. The van der Waals surface area contributed by atoms with Crippen LogP contribution in [-0.4, -0.2) is 58.5 Å². The number of nitriles is 1. The van der Waals surface area contributed by atoms with Gasteiger partial charge in [0, 0.05) is 92.8 Å². The lowest BCUT2D eigenvalue weighted by Crippen LogP contribution is -2.54. The van der Waals surface area contributed by atoms with Crippen molar-refractivity contribution in [2.45, 2.75) is 32.5 Å². The van der Waals surface area contributed by atoms with Gasteiger partial charge in [-0.1, -0.05) is 0 Å². The van der Waals surface area contributed by atoms with Crippen LogP contribution in [0.3, 0.4) is 0 Å². The molecule has 1 fully saturated rings. The van der Waals surface area contributed by atoms with E-state index < -0.39 is 0 Å². The third-order valence-electron chi connectivity index (χ3n) is 7.26. The van der Waals surface area contributed by atoms with Crippen molar-refractivity contribution in [1.82, 2.24) is 25.1 Å². The molecule has 0 radical (unpaired) electrons. The molecule has 172 valence electrons. The summed E-state index contributed by atoms with van der Waals surface area (Å²) in [5, 5.41) is 14.0. The van der Waals surface area contributed by atoms with Gasteiger partial charge in [0.25, 0.3) is 0 Å². The van der Waals surface area contributed by atoms with E-state index in [4.69, 9.17) is 4.98 Å². The Morgan fingerprint density at radius 2 is 2.15 bits per heavy atom. The number of fused-ring (bicyclic) bond motifs is 3. The molecular weight excluding hydrogens is 422 g/mol. The lowest BCUT2D eigenvalue weighted by molar-refractivity contribution is 0.179. The minimum atomic E-state index is 0.418. The molecule has 0 saturated carbocycles. The van der Waals surface area contributed by atoms with Crippen LogP contribution in [-0.2, 0) is 19.5 Å². The number of rotatable bonds is 3. The Balaban J connectivity index is 1.27. The smallest absolute Gasteiger partial charge is 0.101 e. The average molecular weight is 452 g/mol. The molecule has 0 spiro atoms. The molecular formula is C27H29N7. The summed E-state index contributed by atoms with van der Waals surface area (Å²) >= 11 is 0. The predicted octanol–water partition coefficient (Wildman–Crippen LogP) is 3.01. The summed E-state index contributed by atoms with van der Waals surface area (Å²) in [4.78, 5) is 16.7. The Morgan fingerprint density at radius 1 is 1.21 bits per heavy atom. The zero-order valence-electron chi connectivity index (χ0n) is 19.5. The van der Waals surface area contributed by atoms with Gasteiger partial charge >= 0.3 is 0 Å². The molecule has 3 aliphatic rings. The van der Waals surface area contributed by atoms with Crippen molar-refractivity contribution in [3.8, 4) is 6.07 Å². The number of anilines is 1. The molecule has 6 rings (SSSR count). The van der Waals surface area contributed by atoms with Crippen LogP contribution < -0.4 is 10.2 Å².